The molecule has 2 aromatic heterocycles. The number of hydrogen-bond donors (Lipinski definition) is 2. The Kier molecular flexibility index (Phi) is 5.59. The third-order valence-electron chi connectivity index (χ3n) is 4.17. The first-order chi connectivity index (χ1) is 12.7. The number of carbonyl (C=O) groups is 1. The van der Waals surface area contributed by atoms with Gasteiger partial charge < -0.3 is 10.6 Å². The molecule has 132 valence electrons. The molecule has 5 heteroatoms. The average Bonchev–Trinajstić information content (AvgIpc) is 2.69. The van der Waals surface area contributed by atoms with Crippen molar-refractivity contribution in [2.75, 3.05) is 10.6 Å². The van der Waals surface area contributed by atoms with E-state index < -0.39 is 0 Å². The summed E-state index contributed by atoms with van der Waals surface area (Å²) in [6.45, 7) is 4.68. The van der Waals surface area contributed by atoms with Gasteiger partial charge in [0.25, 0.3) is 5.91 Å². The molecule has 0 fully saturated rings. The zero-order chi connectivity index (χ0) is 18.4. The van der Waals surface area contributed by atoms with Crippen LogP contribution in [0.15, 0.2) is 60.9 Å². The molecular formula is C21H22N4O. The maximum atomic E-state index is 12.5. The number of hydrogen-bond acceptors (Lipinski definition) is 4. The highest BCUT2D eigenvalue weighted by Gasteiger charge is 2.11. The van der Waals surface area contributed by atoms with E-state index in [1.54, 1.807) is 18.5 Å². The molecule has 3 rings (SSSR count). The van der Waals surface area contributed by atoms with E-state index in [2.05, 4.69) is 27.5 Å². The topological polar surface area (TPSA) is 66.9 Å². The summed E-state index contributed by atoms with van der Waals surface area (Å²) in [4.78, 5) is 21.1. The van der Waals surface area contributed by atoms with Gasteiger partial charge in [-0.15, -0.1) is 0 Å². The Hall–Kier alpha value is -3.21. The van der Waals surface area contributed by atoms with Gasteiger partial charge in [-0.2, -0.15) is 0 Å². The minimum atomic E-state index is -0.203. The number of amides is 1. The number of para-hydroxylation sites is 1. The Morgan fingerprint density at radius 1 is 1.04 bits per heavy atom. The summed E-state index contributed by atoms with van der Waals surface area (Å²) in [7, 11) is 0. The van der Waals surface area contributed by atoms with Crippen LogP contribution in [0.5, 0.6) is 0 Å². The van der Waals surface area contributed by atoms with Crippen molar-refractivity contribution in [2.45, 2.75) is 26.8 Å². The Morgan fingerprint density at radius 2 is 1.92 bits per heavy atom. The number of aryl methyl sites for hydroxylation is 2. The largest absolute Gasteiger partial charge is 0.378 e. The molecule has 0 saturated carbocycles. The first-order valence-corrected chi connectivity index (χ1v) is 8.67. The predicted molar refractivity (Wildman–Crippen MR) is 104 cm³/mol. The molecule has 2 N–H and O–H groups in total. The van der Waals surface area contributed by atoms with Crippen molar-refractivity contribution in [1.82, 2.24) is 9.97 Å². The molecule has 0 saturated heterocycles. The summed E-state index contributed by atoms with van der Waals surface area (Å²) in [5.41, 5.74) is 5.22. The van der Waals surface area contributed by atoms with E-state index in [1.807, 2.05) is 49.4 Å². The number of benzene rings is 1. The van der Waals surface area contributed by atoms with Crippen LogP contribution in [0.3, 0.4) is 0 Å². The molecule has 0 aliphatic carbocycles. The maximum absolute atomic E-state index is 12.5. The highest BCUT2D eigenvalue weighted by Crippen LogP contribution is 2.21. The van der Waals surface area contributed by atoms with E-state index in [0.29, 0.717) is 12.2 Å². The predicted octanol–water partition coefficient (Wildman–Crippen LogP) is 4.21. The van der Waals surface area contributed by atoms with Gasteiger partial charge in [-0.25, -0.2) is 4.98 Å². The normalized spacial score (nSPS) is 10.4. The SMILES string of the molecule is CCc1cccc(C)c1NC(=O)c1ccc(NCc2ccccn2)cn1. The number of rotatable bonds is 6. The molecule has 26 heavy (non-hydrogen) atoms. The number of anilines is 2. The molecule has 0 aliphatic rings. The van der Waals surface area contributed by atoms with Crippen molar-refractivity contribution >= 4 is 17.3 Å². The van der Waals surface area contributed by atoms with Gasteiger partial charge in [-0.3, -0.25) is 9.78 Å². The number of nitrogens with one attached hydrogen (secondary N) is 2. The lowest BCUT2D eigenvalue weighted by molar-refractivity contribution is 0.102. The molecule has 3 aromatic rings. The minimum Gasteiger partial charge on any atom is -0.378 e. The zero-order valence-electron chi connectivity index (χ0n) is 15.0. The molecule has 0 spiro atoms. The second-order valence-electron chi connectivity index (χ2n) is 6.02. The van der Waals surface area contributed by atoms with E-state index in [1.165, 1.54) is 0 Å². The van der Waals surface area contributed by atoms with Gasteiger partial charge in [-0.1, -0.05) is 31.2 Å². The third kappa shape index (κ3) is 4.25. The first-order valence-electron chi connectivity index (χ1n) is 8.67. The molecule has 0 aliphatic heterocycles. The van der Waals surface area contributed by atoms with E-state index in [0.717, 1.165) is 34.6 Å². The summed E-state index contributed by atoms with van der Waals surface area (Å²) >= 11 is 0. The van der Waals surface area contributed by atoms with Gasteiger partial charge in [-0.05, 0) is 48.7 Å². The highest BCUT2D eigenvalue weighted by atomic mass is 16.1. The van der Waals surface area contributed by atoms with Crippen LogP contribution < -0.4 is 10.6 Å². The van der Waals surface area contributed by atoms with Crippen molar-refractivity contribution in [1.29, 1.82) is 0 Å². The van der Waals surface area contributed by atoms with E-state index in [-0.39, 0.29) is 5.91 Å². The molecule has 0 radical (unpaired) electrons. The van der Waals surface area contributed by atoms with Crippen LogP contribution in [0.4, 0.5) is 11.4 Å². The fourth-order valence-corrected chi connectivity index (χ4v) is 2.71. The van der Waals surface area contributed by atoms with Crippen LogP contribution in [0.2, 0.25) is 0 Å². The summed E-state index contributed by atoms with van der Waals surface area (Å²) in [6, 6.07) is 15.4. The van der Waals surface area contributed by atoms with Gasteiger partial charge in [0.2, 0.25) is 0 Å². The molecule has 0 atom stereocenters. The lowest BCUT2D eigenvalue weighted by Crippen LogP contribution is -2.16. The lowest BCUT2D eigenvalue weighted by Gasteiger charge is -2.13. The molecule has 1 amide bonds. The summed E-state index contributed by atoms with van der Waals surface area (Å²) in [6.07, 6.45) is 4.29. The first kappa shape index (κ1) is 17.6. The minimum absolute atomic E-state index is 0.203. The number of pyridine rings is 2. The Morgan fingerprint density at radius 3 is 2.62 bits per heavy atom. The van der Waals surface area contributed by atoms with Crippen LogP contribution in [0.1, 0.15) is 34.2 Å². The summed E-state index contributed by atoms with van der Waals surface area (Å²) in [5.74, 6) is -0.203. The summed E-state index contributed by atoms with van der Waals surface area (Å²) < 4.78 is 0. The van der Waals surface area contributed by atoms with Crippen LogP contribution in [0.25, 0.3) is 0 Å². The third-order valence-corrected chi connectivity index (χ3v) is 4.17. The van der Waals surface area contributed by atoms with Gasteiger partial charge >= 0.3 is 0 Å². The Balaban J connectivity index is 1.66. The Bertz CT molecular complexity index is 876. The van der Waals surface area contributed by atoms with Gasteiger partial charge in [0, 0.05) is 11.9 Å². The quantitative estimate of drug-likeness (QED) is 0.701. The summed E-state index contributed by atoms with van der Waals surface area (Å²) in [5, 5.41) is 6.24. The van der Waals surface area contributed by atoms with E-state index in [9.17, 15) is 4.79 Å². The molecule has 0 bridgehead atoms. The van der Waals surface area contributed by atoms with Gasteiger partial charge in [0.1, 0.15) is 5.69 Å². The van der Waals surface area contributed by atoms with Crippen LogP contribution in [-0.4, -0.2) is 15.9 Å². The van der Waals surface area contributed by atoms with Crippen molar-refractivity contribution in [3.63, 3.8) is 0 Å². The second kappa shape index (κ2) is 8.25. The average molecular weight is 346 g/mol. The molecular weight excluding hydrogens is 324 g/mol. The van der Waals surface area contributed by atoms with E-state index >= 15 is 0 Å². The standard InChI is InChI=1S/C21H22N4O/c1-3-16-8-6-7-15(2)20(16)25-21(26)19-11-10-18(14-24-19)23-13-17-9-4-5-12-22-17/h4-12,14,23H,3,13H2,1-2H3,(H,25,26). The lowest BCUT2D eigenvalue weighted by atomic mass is 10.1. The molecule has 5 nitrogen and oxygen atoms in total. The monoisotopic (exact) mass is 346 g/mol. The van der Waals surface area contributed by atoms with Gasteiger partial charge in [0.05, 0.1) is 24.1 Å². The number of nitrogens with zero attached hydrogens (tertiary/aromatic N) is 2. The van der Waals surface area contributed by atoms with Crippen molar-refractivity contribution in [3.05, 3.63) is 83.4 Å². The van der Waals surface area contributed by atoms with Gasteiger partial charge in [0.15, 0.2) is 0 Å². The molecule has 0 unspecified atom stereocenters. The van der Waals surface area contributed by atoms with Crippen molar-refractivity contribution in [3.8, 4) is 0 Å². The highest BCUT2D eigenvalue weighted by molar-refractivity contribution is 6.03. The van der Waals surface area contributed by atoms with Crippen molar-refractivity contribution in [2.24, 2.45) is 0 Å². The number of carbonyl (C=O) groups excluding carboxylic acids is 1. The fraction of sp³-hybridized carbons (Fsp3) is 0.190. The van der Waals surface area contributed by atoms with Crippen LogP contribution in [-0.2, 0) is 13.0 Å². The van der Waals surface area contributed by atoms with E-state index in [4.69, 9.17) is 0 Å². The smallest absolute Gasteiger partial charge is 0.274 e. The maximum Gasteiger partial charge on any atom is 0.274 e. The zero-order valence-corrected chi connectivity index (χ0v) is 15.0. The van der Waals surface area contributed by atoms with Crippen LogP contribution in [0, 0.1) is 6.92 Å². The fourth-order valence-electron chi connectivity index (χ4n) is 2.71. The number of aromatic nitrogens is 2. The Labute approximate surface area is 153 Å². The molecule has 2 heterocycles. The van der Waals surface area contributed by atoms with Crippen LogP contribution >= 0.6 is 0 Å². The molecule has 1 aromatic carbocycles. The van der Waals surface area contributed by atoms with Crippen molar-refractivity contribution < 1.29 is 4.79 Å². The second-order valence-corrected chi connectivity index (χ2v) is 6.02.